The summed E-state index contributed by atoms with van der Waals surface area (Å²) < 4.78 is 0. The molecule has 0 aromatic carbocycles. The molecule has 5 heteroatoms. The van der Waals surface area contributed by atoms with Crippen molar-refractivity contribution in [3.05, 3.63) is 22.2 Å². The fourth-order valence-electron chi connectivity index (χ4n) is 1.81. The Morgan fingerprint density at radius 3 is 2.67 bits per heavy atom. The highest BCUT2D eigenvalue weighted by Gasteiger charge is 2.19. The van der Waals surface area contributed by atoms with Gasteiger partial charge in [0.15, 0.2) is 0 Å². The summed E-state index contributed by atoms with van der Waals surface area (Å²) in [6.07, 6.45) is 2.37. The van der Waals surface area contributed by atoms with Gasteiger partial charge in [-0.05, 0) is 36.2 Å². The molecule has 0 amide bonds. The summed E-state index contributed by atoms with van der Waals surface area (Å²) in [7, 11) is 0. The molecule has 1 fully saturated rings. The Kier molecular flexibility index (Phi) is 2.90. The van der Waals surface area contributed by atoms with Gasteiger partial charge in [0.2, 0.25) is 0 Å². The van der Waals surface area contributed by atoms with Gasteiger partial charge in [0, 0.05) is 19.2 Å². The molecule has 0 N–H and O–H groups in total. The molecule has 0 saturated carbocycles. The van der Waals surface area contributed by atoms with Crippen molar-refractivity contribution in [1.82, 2.24) is 0 Å². The van der Waals surface area contributed by atoms with Crippen molar-refractivity contribution in [3.63, 3.8) is 0 Å². The van der Waals surface area contributed by atoms with Gasteiger partial charge in [-0.2, -0.15) is 0 Å². The second-order valence-electron chi connectivity index (χ2n) is 4.04. The van der Waals surface area contributed by atoms with Crippen LogP contribution in [-0.4, -0.2) is 18.0 Å². The van der Waals surface area contributed by atoms with Crippen molar-refractivity contribution >= 4 is 21.3 Å². The molecule has 15 heavy (non-hydrogen) atoms. The highest BCUT2D eigenvalue weighted by atomic mass is 32.1. The quantitative estimate of drug-likeness (QED) is 0.575. The summed E-state index contributed by atoms with van der Waals surface area (Å²) in [6.45, 7) is 4.31. The van der Waals surface area contributed by atoms with E-state index in [1.54, 1.807) is 6.07 Å². The summed E-state index contributed by atoms with van der Waals surface area (Å²) in [5, 5.41) is 11.8. The van der Waals surface area contributed by atoms with E-state index in [0.717, 1.165) is 24.0 Å². The third kappa shape index (κ3) is 2.28. The summed E-state index contributed by atoms with van der Waals surface area (Å²) in [5.74, 6) is 0.788. The minimum Gasteiger partial charge on any atom is -0.363 e. The third-order valence-corrected chi connectivity index (χ3v) is 3.95. The minimum absolute atomic E-state index is 0.239. The van der Waals surface area contributed by atoms with Crippen molar-refractivity contribution in [2.24, 2.45) is 5.92 Å². The number of hydrogen-bond donors (Lipinski definition) is 0. The van der Waals surface area contributed by atoms with Gasteiger partial charge in [-0.25, -0.2) is 0 Å². The van der Waals surface area contributed by atoms with Gasteiger partial charge >= 0.3 is 5.00 Å². The normalized spacial score (nSPS) is 18.1. The number of hydrogen-bond acceptors (Lipinski definition) is 4. The van der Waals surface area contributed by atoms with Gasteiger partial charge in [0.1, 0.15) is 0 Å². The Hall–Kier alpha value is -1.10. The molecule has 2 rings (SSSR count). The van der Waals surface area contributed by atoms with Crippen LogP contribution in [0.15, 0.2) is 12.1 Å². The van der Waals surface area contributed by atoms with E-state index in [1.165, 1.54) is 24.2 Å². The second kappa shape index (κ2) is 4.18. The molecule has 0 radical (unpaired) electrons. The molecule has 1 saturated heterocycles. The van der Waals surface area contributed by atoms with E-state index >= 15 is 0 Å². The van der Waals surface area contributed by atoms with E-state index in [0.29, 0.717) is 0 Å². The summed E-state index contributed by atoms with van der Waals surface area (Å²) in [4.78, 5) is 12.5. The number of nitrogens with zero attached hydrogens (tertiary/aromatic N) is 2. The van der Waals surface area contributed by atoms with Crippen LogP contribution >= 0.6 is 11.3 Å². The standard InChI is InChI=1S/C10H14N2O2S/c1-8-4-6-11(7-5-8)9-2-3-10(15-9)12(13)14/h2-3,8H,4-7H2,1H3. The Morgan fingerprint density at radius 2 is 2.13 bits per heavy atom. The second-order valence-corrected chi connectivity index (χ2v) is 5.08. The monoisotopic (exact) mass is 226 g/mol. The summed E-state index contributed by atoms with van der Waals surface area (Å²) in [6, 6.07) is 3.46. The average molecular weight is 226 g/mol. The molecule has 2 heterocycles. The average Bonchev–Trinajstić information content (AvgIpc) is 2.68. The SMILES string of the molecule is CC1CCN(c2ccc([N+](=O)[O-])s2)CC1. The van der Waals surface area contributed by atoms with Gasteiger partial charge in [0.25, 0.3) is 0 Å². The van der Waals surface area contributed by atoms with Gasteiger partial charge < -0.3 is 4.90 Å². The zero-order valence-corrected chi connectivity index (χ0v) is 9.50. The number of rotatable bonds is 2. The smallest absolute Gasteiger partial charge is 0.326 e. The van der Waals surface area contributed by atoms with Gasteiger partial charge in [-0.3, -0.25) is 10.1 Å². The van der Waals surface area contributed by atoms with E-state index in [-0.39, 0.29) is 9.92 Å². The number of piperidine rings is 1. The van der Waals surface area contributed by atoms with Crippen LogP contribution < -0.4 is 4.90 Å². The zero-order chi connectivity index (χ0) is 10.8. The molecule has 0 unspecified atom stereocenters. The third-order valence-electron chi connectivity index (χ3n) is 2.85. The van der Waals surface area contributed by atoms with Crippen LogP contribution in [0.4, 0.5) is 10.0 Å². The van der Waals surface area contributed by atoms with Crippen molar-refractivity contribution in [3.8, 4) is 0 Å². The molecule has 0 aliphatic carbocycles. The number of thiophene rings is 1. The molecule has 1 aliphatic heterocycles. The molecule has 0 spiro atoms. The Balaban J connectivity index is 2.06. The molecule has 82 valence electrons. The summed E-state index contributed by atoms with van der Waals surface area (Å²) in [5.41, 5.74) is 0. The maximum Gasteiger partial charge on any atom is 0.326 e. The van der Waals surface area contributed by atoms with Crippen LogP contribution in [0.5, 0.6) is 0 Å². The lowest BCUT2D eigenvalue weighted by molar-refractivity contribution is -0.380. The Morgan fingerprint density at radius 1 is 1.47 bits per heavy atom. The minimum atomic E-state index is -0.319. The Bertz CT molecular complexity index is 356. The lowest BCUT2D eigenvalue weighted by atomic mass is 10.00. The van der Waals surface area contributed by atoms with Crippen LogP contribution in [0.2, 0.25) is 0 Å². The van der Waals surface area contributed by atoms with E-state index < -0.39 is 0 Å². The first-order valence-corrected chi connectivity index (χ1v) is 5.97. The van der Waals surface area contributed by atoms with E-state index in [4.69, 9.17) is 0 Å². The van der Waals surface area contributed by atoms with Crippen LogP contribution in [0.25, 0.3) is 0 Å². The van der Waals surface area contributed by atoms with E-state index in [9.17, 15) is 10.1 Å². The maximum absolute atomic E-state index is 10.5. The fraction of sp³-hybridized carbons (Fsp3) is 0.600. The molecule has 0 atom stereocenters. The van der Waals surface area contributed by atoms with Crippen LogP contribution in [0, 0.1) is 16.0 Å². The van der Waals surface area contributed by atoms with Crippen LogP contribution in [-0.2, 0) is 0 Å². The first kappa shape index (κ1) is 10.4. The van der Waals surface area contributed by atoms with E-state index in [1.807, 2.05) is 6.07 Å². The Labute approximate surface area is 92.7 Å². The predicted octanol–water partition coefficient (Wildman–Crippen LogP) is 2.89. The predicted molar refractivity (Wildman–Crippen MR) is 61.6 cm³/mol. The van der Waals surface area contributed by atoms with Crippen molar-refractivity contribution in [2.75, 3.05) is 18.0 Å². The first-order chi connectivity index (χ1) is 7.16. The molecule has 1 aromatic heterocycles. The number of nitro groups is 1. The van der Waals surface area contributed by atoms with Crippen LogP contribution in [0.3, 0.4) is 0 Å². The lowest BCUT2D eigenvalue weighted by Crippen LogP contribution is -2.31. The summed E-state index contributed by atoms with van der Waals surface area (Å²) >= 11 is 1.28. The van der Waals surface area contributed by atoms with Crippen molar-refractivity contribution < 1.29 is 4.92 Å². The van der Waals surface area contributed by atoms with Crippen molar-refractivity contribution in [1.29, 1.82) is 0 Å². The first-order valence-electron chi connectivity index (χ1n) is 5.16. The molecule has 0 bridgehead atoms. The van der Waals surface area contributed by atoms with Gasteiger partial charge in [-0.15, -0.1) is 0 Å². The van der Waals surface area contributed by atoms with Crippen molar-refractivity contribution in [2.45, 2.75) is 19.8 Å². The molecule has 1 aliphatic rings. The van der Waals surface area contributed by atoms with E-state index in [2.05, 4.69) is 11.8 Å². The number of anilines is 1. The fourth-order valence-corrected chi connectivity index (χ4v) is 2.69. The molecular formula is C10H14N2O2S. The lowest BCUT2D eigenvalue weighted by Gasteiger charge is -2.30. The highest BCUT2D eigenvalue weighted by Crippen LogP contribution is 2.33. The van der Waals surface area contributed by atoms with Gasteiger partial charge in [-0.1, -0.05) is 6.92 Å². The molecule has 1 aromatic rings. The van der Waals surface area contributed by atoms with Crippen LogP contribution in [0.1, 0.15) is 19.8 Å². The molecule has 4 nitrogen and oxygen atoms in total. The van der Waals surface area contributed by atoms with Gasteiger partial charge in [0.05, 0.1) is 9.92 Å². The molecular weight excluding hydrogens is 212 g/mol. The maximum atomic E-state index is 10.5. The highest BCUT2D eigenvalue weighted by molar-refractivity contribution is 7.19. The largest absolute Gasteiger partial charge is 0.363 e. The zero-order valence-electron chi connectivity index (χ0n) is 8.68. The topological polar surface area (TPSA) is 46.4 Å².